The van der Waals surface area contributed by atoms with Crippen molar-refractivity contribution < 1.29 is 9.72 Å². The molecule has 1 N–H and O–H groups in total. The first-order valence-electron chi connectivity index (χ1n) is 7.33. The van der Waals surface area contributed by atoms with Gasteiger partial charge in [-0.2, -0.15) is 0 Å². The molecule has 1 aliphatic heterocycles. The molecule has 2 rings (SSSR count). The molecule has 0 radical (unpaired) electrons. The summed E-state index contributed by atoms with van der Waals surface area (Å²) in [5, 5.41) is 14.2. The molecule has 0 spiro atoms. The third-order valence-electron chi connectivity index (χ3n) is 3.90. The first-order valence-corrected chi connectivity index (χ1v) is 7.33. The molecular weight excluding hydrogens is 272 g/mol. The maximum atomic E-state index is 12.8. The lowest BCUT2D eigenvalue weighted by molar-refractivity contribution is -0.384. The van der Waals surface area contributed by atoms with Crippen LogP contribution in [0.1, 0.15) is 43.7 Å². The highest BCUT2D eigenvalue weighted by Gasteiger charge is 2.29. The third-order valence-corrected chi connectivity index (χ3v) is 3.90. The maximum absolute atomic E-state index is 12.8. The van der Waals surface area contributed by atoms with Crippen LogP contribution in [0.5, 0.6) is 0 Å². The molecule has 0 bridgehead atoms. The predicted octanol–water partition coefficient (Wildman–Crippen LogP) is 1.80. The average molecular weight is 294 g/mol. The zero-order valence-corrected chi connectivity index (χ0v) is 12.7. The highest BCUT2D eigenvalue weighted by molar-refractivity contribution is 5.94. The van der Waals surface area contributed by atoms with Gasteiger partial charge in [-0.05, 0) is 33.7 Å². The van der Waals surface area contributed by atoms with Crippen molar-refractivity contribution >= 4 is 11.6 Å². The fourth-order valence-corrected chi connectivity index (χ4v) is 2.78. The number of aromatic nitrogens is 1. The number of nitrogens with zero attached hydrogens (tertiary/aromatic N) is 3. The van der Waals surface area contributed by atoms with Crippen molar-refractivity contribution in [2.75, 3.05) is 19.6 Å². The van der Waals surface area contributed by atoms with Crippen molar-refractivity contribution in [1.82, 2.24) is 14.8 Å². The Morgan fingerprint density at radius 3 is 2.81 bits per heavy atom. The van der Waals surface area contributed by atoms with Crippen LogP contribution in [0.4, 0.5) is 5.69 Å². The number of nitrogens with one attached hydrogen (secondary N) is 1. The van der Waals surface area contributed by atoms with E-state index in [2.05, 4.69) is 5.32 Å². The molecule has 1 fully saturated rings. The summed E-state index contributed by atoms with van der Waals surface area (Å²) in [7, 11) is 0. The van der Waals surface area contributed by atoms with E-state index in [9.17, 15) is 14.9 Å². The van der Waals surface area contributed by atoms with Crippen molar-refractivity contribution in [3.05, 3.63) is 28.1 Å². The molecule has 7 nitrogen and oxygen atoms in total. The van der Waals surface area contributed by atoms with Gasteiger partial charge in [-0.25, -0.2) is 0 Å². The number of nitro groups is 1. The Morgan fingerprint density at radius 2 is 2.33 bits per heavy atom. The van der Waals surface area contributed by atoms with Crippen molar-refractivity contribution in [2.24, 2.45) is 0 Å². The molecule has 7 heteroatoms. The Hall–Kier alpha value is -1.89. The molecular formula is C14H22N4O3. The normalized spacial score (nSPS) is 18.2. The summed E-state index contributed by atoms with van der Waals surface area (Å²) in [6, 6.07) is 1.54. The van der Waals surface area contributed by atoms with Crippen LogP contribution in [0.3, 0.4) is 0 Å². The Labute approximate surface area is 124 Å². The molecule has 1 aromatic rings. The van der Waals surface area contributed by atoms with E-state index in [0.717, 1.165) is 19.5 Å². The summed E-state index contributed by atoms with van der Waals surface area (Å²) in [6.45, 7) is 8.04. The van der Waals surface area contributed by atoms with Crippen LogP contribution >= 0.6 is 0 Å². The Balaban J connectivity index is 2.34. The van der Waals surface area contributed by atoms with Gasteiger partial charge in [0, 0.05) is 31.2 Å². The van der Waals surface area contributed by atoms with Crippen LogP contribution in [-0.4, -0.2) is 46.0 Å². The molecule has 1 atom stereocenters. The second kappa shape index (κ2) is 6.26. The predicted molar refractivity (Wildman–Crippen MR) is 79.5 cm³/mol. The lowest BCUT2D eigenvalue weighted by Crippen LogP contribution is -2.42. The lowest BCUT2D eigenvalue weighted by atomic mass is 10.2. The monoisotopic (exact) mass is 294 g/mol. The molecule has 1 saturated heterocycles. The number of carbonyl (C=O) groups is 1. The zero-order valence-electron chi connectivity index (χ0n) is 12.7. The van der Waals surface area contributed by atoms with Crippen LogP contribution < -0.4 is 5.32 Å². The highest BCUT2D eigenvalue weighted by atomic mass is 16.6. The van der Waals surface area contributed by atoms with Gasteiger partial charge in [0.25, 0.3) is 11.6 Å². The van der Waals surface area contributed by atoms with E-state index in [1.165, 1.54) is 12.3 Å². The molecule has 1 unspecified atom stereocenters. The zero-order chi connectivity index (χ0) is 15.6. The van der Waals surface area contributed by atoms with E-state index >= 15 is 0 Å². The standard InChI is InChI=1S/C14H22N4O3/c1-4-16(11-5-6-15-8-11)14(19)13-7-12(18(20)21)9-17(13)10(2)3/h7,9-11,15H,4-6,8H2,1-3H3. The molecule has 0 saturated carbocycles. The smallest absolute Gasteiger partial charge is 0.287 e. The first kappa shape index (κ1) is 15.5. The highest BCUT2D eigenvalue weighted by Crippen LogP contribution is 2.23. The maximum Gasteiger partial charge on any atom is 0.287 e. The van der Waals surface area contributed by atoms with E-state index in [1.54, 1.807) is 9.47 Å². The Morgan fingerprint density at radius 1 is 1.62 bits per heavy atom. The molecule has 21 heavy (non-hydrogen) atoms. The minimum atomic E-state index is -0.455. The number of rotatable bonds is 5. The summed E-state index contributed by atoms with van der Waals surface area (Å²) in [5.41, 5.74) is 0.359. The van der Waals surface area contributed by atoms with Gasteiger partial charge in [0.2, 0.25) is 0 Å². The fraction of sp³-hybridized carbons (Fsp3) is 0.643. The number of carbonyl (C=O) groups excluding carboxylic acids is 1. The van der Waals surface area contributed by atoms with E-state index < -0.39 is 4.92 Å². The van der Waals surface area contributed by atoms with Crippen LogP contribution in [0.2, 0.25) is 0 Å². The average Bonchev–Trinajstić information content (AvgIpc) is 3.08. The number of likely N-dealkylation sites (N-methyl/N-ethyl adjacent to an activating group) is 1. The van der Waals surface area contributed by atoms with Crippen molar-refractivity contribution in [3.8, 4) is 0 Å². The van der Waals surface area contributed by atoms with Crippen LogP contribution in [-0.2, 0) is 0 Å². The van der Waals surface area contributed by atoms with E-state index in [0.29, 0.717) is 12.2 Å². The number of amides is 1. The Kier molecular flexibility index (Phi) is 4.62. The molecule has 1 amide bonds. The summed E-state index contributed by atoms with van der Waals surface area (Å²) < 4.78 is 1.69. The van der Waals surface area contributed by atoms with Gasteiger partial charge < -0.3 is 14.8 Å². The molecule has 2 heterocycles. The van der Waals surface area contributed by atoms with E-state index in [-0.39, 0.29) is 23.7 Å². The largest absolute Gasteiger partial charge is 0.335 e. The first-order chi connectivity index (χ1) is 9.95. The summed E-state index contributed by atoms with van der Waals surface area (Å²) in [5.74, 6) is -0.131. The van der Waals surface area contributed by atoms with Crippen LogP contribution in [0, 0.1) is 10.1 Å². The molecule has 0 aliphatic carbocycles. The summed E-state index contributed by atoms with van der Waals surface area (Å²) in [6.07, 6.45) is 2.36. The van der Waals surface area contributed by atoms with Crippen LogP contribution in [0.25, 0.3) is 0 Å². The van der Waals surface area contributed by atoms with Gasteiger partial charge in [-0.3, -0.25) is 14.9 Å². The van der Waals surface area contributed by atoms with Gasteiger partial charge >= 0.3 is 0 Å². The molecule has 0 aromatic carbocycles. The van der Waals surface area contributed by atoms with Gasteiger partial charge in [-0.1, -0.05) is 0 Å². The SMILES string of the molecule is CCN(C(=O)c1cc([N+](=O)[O-])cn1C(C)C)C1CCNC1. The topological polar surface area (TPSA) is 80.4 Å². The van der Waals surface area contributed by atoms with Gasteiger partial charge in [0.1, 0.15) is 5.69 Å². The molecule has 116 valence electrons. The minimum Gasteiger partial charge on any atom is -0.335 e. The van der Waals surface area contributed by atoms with Gasteiger partial charge in [0.05, 0.1) is 11.1 Å². The number of hydrogen-bond donors (Lipinski definition) is 1. The van der Waals surface area contributed by atoms with Gasteiger partial charge in [0.15, 0.2) is 0 Å². The third kappa shape index (κ3) is 3.07. The Bertz CT molecular complexity index is 532. The molecule has 1 aromatic heterocycles. The van der Waals surface area contributed by atoms with Crippen molar-refractivity contribution in [2.45, 2.75) is 39.3 Å². The second-order valence-corrected chi connectivity index (χ2v) is 5.58. The lowest BCUT2D eigenvalue weighted by Gasteiger charge is -2.28. The van der Waals surface area contributed by atoms with Crippen molar-refractivity contribution in [1.29, 1.82) is 0 Å². The quantitative estimate of drug-likeness (QED) is 0.663. The van der Waals surface area contributed by atoms with Crippen molar-refractivity contribution in [3.63, 3.8) is 0 Å². The van der Waals surface area contributed by atoms with Crippen LogP contribution in [0.15, 0.2) is 12.3 Å². The van der Waals surface area contributed by atoms with E-state index in [4.69, 9.17) is 0 Å². The summed E-state index contributed by atoms with van der Waals surface area (Å²) in [4.78, 5) is 25.1. The minimum absolute atomic E-state index is 0.00180. The summed E-state index contributed by atoms with van der Waals surface area (Å²) >= 11 is 0. The number of hydrogen-bond acceptors (Lipinski definition) is 4. The van der Waals surface area contributed by atoms with Gasteiger partial charge in [-0.15, -0.1) is 0 Å². The fourth-order valence-electron chi connectivity index (χ4n) is 2.78. The van der Waals surface area contributed by atoms with E-state index in [1.807, 2.05) is 20.8 Å². The molecule has 1 aliphatic rings. The second-order valence-electron chi connectivity index (χ2n) is 5.58.